The Morgan fingerprint density at radius 1 is 1.08 bits per heavy atom. The van der Waals surface area contributed by atoms with Gasteiger partial charge < -0.3 is 8.98 Å². The van der Waals surface area contributed by atoms with Crippen LogP contribution in [0.1, 0.15) is 43.2 Å². The Bertz CT molecular complexity index is 860. The number of halogens is 1. The monoisotopic (exact) mass is 359 g/mol. The molecule has 0 fully saturated rings. The summed E-state index contributed by atoms with van der Waals surface area (Å²) in [6, 6.07) is 6.01. The van der Waals surface area contributed by atoms with E-state index >= 15 is 0 Å². The van der Waals surface area contributed by atoms with Crippen molar-refractivity contribution in [3.8, 4) is 11.5 Å². The second-order valence-electron chi connectivity index (χ2n) is 6.07. The van der Waals surface area contributed by atoms with Gasteiger partial charge >= 0.3 is 0 Å². The van der Waals surface area contributed by atoms with Crippen LogP contribution in [0.3, 0.4) is 0 Å². The van der Waals surface area contributed by atoms with Crippen molar-refractivity contribution >= 4 is 11.8 Å². The van der Waals surface area contributed by atoms with Crippen LogP contribution in [0.2, 0.25) is 0 Å². The van der Waals surface area contributed by atoms with Crippen LogP contribution in [-0.2, 0) is 13.0 Å². The van der Waals surface area contributed by atoms with Gasteiger partial charge in [-0.05, 0) is 44.0 Å². The third kappa shape index (κ3) is 3.44. The quantitative estimate of drug-likeness (QED) is 0.655. The highest BCUT2D eigenvalue weighted by Gasteiger charge is 2.21. The first-order valence-electron chi connectivity index (χ1n) is 8.39. The minimum atomic E-state index is -0.292. The summed E-state index contributed by atoms with van der Waals surface area (Å²) >= 11 is 1.57. The zero-order valence-corrected chi connectivity index (χ0v) is 14.7. The lowest BCUT2D eigenvalue weighted by molar-refractivity contribution is 0.508. The molecule has 0 bridgehead atoms. The first kappa shape index (κ1) is 16.3. The maximum Gasteiger partial charge on any atom is 0.247 e. The second-order valence-corrected chi connectivity index (χ2v) is 7.38. The molecule has 6 nitrogen and oxygen atoms in total. The molecule has 0 saturated heterocycles. The van der Waals surface area contributed by atoms with E-state index in [1.807, 2.05) is 6.92 Å². The van der Waals surface area contributed by atoms with Crippen molar-refractivity contribution < 1.29 is 8.81 Å². The fourth-order valence-corrected chi connectivity index (χ4v) is 3.79. The van der Waals surface area contributed by atoms with E-state index in [-0.39, 0.29) is 11.1 Å². The van der Waals surface area contributed by atoms with E-state index in [9.17, 15) is 4.39 Å². The van der Waals surface area contributed by atoms with E-state index in [2.05, 4.69) is 25.0 Å². The topological polar surface area (TPSA) is 69.6 Å². The molecule has 25 heavy (non-hydrogen) atoms. The van der Waals surface area contributed by atoms with E-state index in [0.29, 0.717) is 17.3 Å². The molecular weight excluding hydrogens is 341 g/mol. The van der Waals surface area contributed by atoms with Crippen molar-refractivity contribution in [2.24, 2.45) is 0 Å². The third-order valence-corrected chi connectivity index (χ3v) is 5.31. The molecule has 3 heterocycles. The number of hydrogen-bond acceptors (Lipinski definition) is 6. The van der Waals surface area contributed by atoms with Crippen LogP contribution in [0.5, 0.6) is 0 Å². The van der Waals surface area contributed by atoms with Gasteiger partial charge in [0, 0.05) is 18.5 Å². The van der Waals surface area contributed by atoms with Gasteiger partial charge in [-0.25, -0.2) is 4.39 Å². The third-order valence-electron chi connectivity index (χ3n) is 4.24. The molecule has 2 aromatic heterocycles. The lowest BCUT2D eigenvalue weighted by atomic mass is 10.2. The Morgan fingerprint density at radius 3 is 2.76 bits per heavy atom. The smallest absolute Gasteiger partial charge is 0.247 e. The fraction of sp³-hybridized carbons (Fsp3) is 0.412. The molecule has 3 aromatic rings. The summed E-state index contributed by atoms with van der Waals surface area (Å²) in [5, 5.41) is 17.7. The highest BCUT2D eigenvalue weighted by atomic mass is 32.2. The molecule has 0 spiro atoms. The summed E-state index contributed by atoms with van der Waals surface area (Å²) in [5.74, 6) is 1.68. The molecule has 1 atom stereocenters. The van der Waals surface area contributed by atoms with Crippen LogP contribution in [0.25, 0.3) is 11.5 Å². The zero-order chi connectivity index (χ0) is 17.2. The highest BCUT2D eigenvalue weighted by molar-refractivity contribution is 7.99. The van der Waals surface area contributed by atoms with Crippen molar-refractivity contribution in [2.45, 2.75) is 49.6 Å². The van der Waals surface area contributed by atoms with Gasteiger partial charge in [-0.2, -0.15) is 0 Å². The number of rotatable bonds is 4. The summed E-state index contributed by atoms with van der Waals surface area (Å²) in [6.07, 6.45) is 4.54. The molecule has 8 heteroatoms. The molecule has 0 N–H and O–H groups in total. The average Bonchev–Trinajstić information content (AvgIpc) is 3.17. The van der Waals surface area contributed by atoms with E-state index < -0.39 is 0 Å². The summed E-state index contributed by atoms with van der Waals surface area (Å²) in [6.45, 7) is 2.97. The van der Waals surface area contributed by atoms with Crippen molar-refractivity contribution in [2.75, 3.05) is 0 Å². The van der Waals surface area contributed by atoms with Gasteiger partial charge in [-0.1, -0.05) is 18.2 Å². The fourth-order valence-electron chi connectivity index (χ4n) is 2.86. The van der Waals surface area contributed by atoms with Crippen LogP contribution in [0.4, 0.5) is 4.39 Å². The van der Waals surface area contributed by atoms with Crippen molar-refractivity contribution in [3.63, 3.8) is 0 Å². The molecule has 0 aliphatic carbocycles. The van der Waals surface area contributed by atoms with Crippen molar-refractivity contribution in [1.82, 2.24) is 25.0 Å². The molecule has 0 saturated carbocycles. The minimum Gasteiger partial charge on any atom is -0.419 e. The number of benzene rings is 1. The summed E-state index contributed by atoms with van der Waals surface area (Å²) in [4.78, 5) is 0. The maximum atomic E-state index is 13.0. The Morgan fingerprint density at radius 2 is 1.92 bits per heavy atom. The second kappa shape index (κ2) is 6.95. The average molecular weight is 359 g/mol. The van der Waals surface area contributed by atoms with Gasteiger partial charge in [0.15, 0.2) is 5.16 Å². The first-order valence-corrected chi connectivity index (χ1v) is 9.27. The Hall–Kier alpha value is -2.22. The number of nitrogens with zero attached hydrogens (tertiary/aromatic N) is 5. The Labute approximate surface area is 148 Å². The number of aromatic nitrogens is 5. The van der Waals surface area contributed by atoms with E-state index in [1.54, 1.807) is 23.9 Å². The molecular formula is C17H18FN5OS. The summed E-state index contributed by atoms with van der Waals surface area (Å²) in [7, 11) is 0. The van der Waals surface area contributed by atoms with Crippen molar-refractivity contribution in [1.29, 1.82) is 0 Å². The van der Waals surface area contributed by atoms with Gasteiger partial charge in [0.2, 0.25) is 11.8 Å². The van der Waals surface area contributed by atoms with Crippen LogP contribution in [0.15, 0.2) is 33.8 Å². The summed E-state index contributed by atoms with van der Waals surface area (Å²) in [5.41, 5.74) is 0.702. The molecule has 0 unspecified atom stereocenters. The van der Waals surface area contributed by atoms with Crippen LogP contribution in [0, 0.1) is 5.82 Å². The van der Waals surface area contributed by atoms with Crippen LogP contribution in [-0.4, -0.2) is 25.0 Å². The Kier molecular flexibility index (Phi) is 4.52. The lowest BCUT2D eigenvalue weighted by Crippen LogP contribution is -2.03. The zero-order valence-electron chi connectivity index (χ0n) is 13.9. The standard InChI is InChI=1S/C17H18FN5OS/c1-11(25-17-22-19-14-5-3-2-4-10-23(14)17)15-20-21-16(24-15)12-6-8-13(18)9-7-12/h6-9,11H,2-5,10H2,1H3/t11-/m0/s1. The molecule has 0 amide bonds. The SMILES string of the molecule is C[C@H](Sc1nnc2n1CCCCC2)c1nnc(-c2ccc(F)cc2)o1. The maximum absolute atomic E-state index is 13.0. The predicted octanol–water partition coefficient (Wildman–Crippen LogP) is 4.05. The molecule has 0 radical (unpaired) electrons. The van der Waals surface area contributed by atoms with E-state index in [0.717, 1.165) is 30.4 Å². The molecule has 130 valence electrons. The van der Waals surface area contributed by atoms with Crippen LogP contribution >= 0.6 is 11.8 Å². The number of aryl methyl sites for hydroxylation is 1. The minimum absolute atomic E-state index is 0.0433. The number of fused-ring (bicyclic) bond motifs is 1. The van der Waals surface area contributed by atoms with Crippen LogP contribution < -0.4 is 0 Å². The lowest BCUT2D eigenvalue weighted by Gasteiger charge is -2.09. The molecule has 4 rings (SSSR count). The highest BCUT2D eigenvalue weighted by Crippen LogP contribution is 2.35. The van der Waals surface area contributed by atoms with E-state index in [1.165, 1.54) is 25.0 Å². The van der Waals surface area contributed by atoms with Gasteiger partial charge in [0.1, 0.15) is 11.6 Å². The van der Waals surface area contributed by atoms with Gasteiger partial charge in [-0.15, -0.1) is 20.4 Å². The number of thioether (sulfide) groups is 1. The first-order chi connectivity index (χ1) is 12.2. The van der Waals surface area contributed by atoms with Crippen molar-refractivity contribution in [3.05, 3.63) is 41.8 Å². The predicted molar refractivity (Wildman–Crippen MR) is 91.5 cm³/mol. The molecule has 1 aliphatic rings. The van der Waals surface area contributed by atoms with Gasteiger partial charge in [0.05, 0.1) is 5.25 Å². The molecule has 1 aliphatic heterocycles. The van der Waals surface area contributed by atoms with Gasteiger partial charge in [-0.3, -0.25) is 0 Å². The van der Waals surface area contributed by atoms with Gasteiger partial charge in [0.25, 0.3) is 0 Å². The normalized spacial score (nSPS) is 15.6. The molecule has 1 aromatic carbocycles. The summed E-state index contributed by atoms with van der Waals surface area (Å²) < 4.78 is 21.0. The Balaban J connectivity index is 1.51. The number of hydrogen-bond donors (Lipinski definition) is 0. The largest absolute Gasteiger partial charge is 0.419 e. The van der Waals surface area contributed by atoms with E-state index in [4.69, 9.17) is 4.42 Å².